The molecule has 0 radical (unpaired) electrons. The second-order valence-electron chi connectivity index (χ2n) is 4.22. The molecule has 1 aromatic heterocycles. The fourth-order valence-corrected chi connectivity index (χ4v) is 1.58. The summed E-state index contributed by atoms with van der Waals surface area (Å²) in [7, 11) is 0. The number of aromatic nitrogens is 2. The van der Waals surface area contributed by atoms with Crippen LogP contribution < -0.4 is 11.1 Å². The molecular formula is C13H15FN4. The minimum absolute atomic E-state index is 0.253. The highest BCUT2D eigenvalue weighted by Gasteiger charge is 2.07. The van der Waals surface area contributed by atoms with Crippen LogP contribution in [-0.2, 0) is 0 Å². The van der Waals surface area contributed by atoms with E-state index in [1.54, 1.807) is 26.0 Å². The first kappa shape index (κ1) is 12.3. The van der Waals surface area contributed by atoms with Crippen LogP contribution in [0.2, 0.25) is 0 Å². The highest BCUT2D eigenvalue weighted by molar-refractivity contribution is 5.63. The SMILES string of the molecule is Cc1nc(N)c(C)c(Nc2ccc(C)c(F)c2)n1. The van der Waals surface area contributed by atoms with Gasteiger partial charge in [0.1, 0.15) is 23.3 Å². The van der Waals surface area contributed by atoms with Crippen molar-refractivity contribution in [2.24, 2.45) is 0 Å². The predicted molar refractivity (Wildman–Crippen MR) is 70.3 cm³/mol. The van der Waals surface area contributed by atoms with Crippen molar-refractivity contribution in [3.63, 3.8) is 0 Å². The van der Waals surface area contributed by atoms with Gasteiger partial charge in [0.25, 0.3) is 0 Å². The summed E-state index contributed by atoms with van der Waals surface area (Å²) in [4.78, 5) is 8.32. The van der Waals surface area contributed by atoms with E-state index in [1.165, 1.54) is 6.07 Å². The molecule has 2 rings (SSSR count). The lowest BCUT2D eigenvalue weighted by Crippen LogP contribution is -2.05. The molecule has 0 amide bonds. The Morgan fingerprint density at radius 1 is 1.17 bits per heavy atom. The number of nitrogens with zero attached hydrogens (tertiary/aromatic N) is 2. The third-order valence-electron chi connectivity index (χ3n) is 2.73. The third kappa shape index (κ3) is 2.40. The summed E-state index contributed by atoms with van der Waals surface area (Å²) in [6.45, 7) is 5.30. The lowest BCUT2D eigenvalue weighted by atomic mass is 10.2. The molecule has 2 aromatic rings. The molecule has 18 heavy (non-hydrogen) atoms. The van der Waals surface area contributed by atoms with Gasteiger partial charge in [0.2, 0.25) is 0 Å². The number of nitrogens with one attached hydrogen (secondary N) is 1. The molecule has 0 saturated heterocycles. The molecule has 0 spiro atoms. The first-order valence-electron chi connectivity index (χ1n) is 5.61. The molecular weight excluding hydrogens is 231 g/mol. The molecule has 0 bridgehead atoms. The Hall–Kier alpha value is -2.17. The van der Waals surface area contributed by atoms with Gasteiger partial charge < -0.3 is 11.1 Å². The molecule has 0 aliphatic rings. The van der Waals surface area contributed by atoms with E-state index < -0.39 is 0 Å². The summed E-state index contributed by atoms with van der Waals surface area (Å²) in [5, 5.41) is 3.05. The quantitative estimate of drug-likeness (QED) is 0.855. The van der Waals surface area contributed by atoms with Crippen molar-refractivity contribution in [2.45, 2.75) is 20.8 Å². The Labute approximate surface area is 105 Å². The molecule has 1 aromatic carbocycles. The molecule has 5 heteroatoms. The fraction of sp³-hybridized carbons (Fsp3) is 0.231. The maximum atomic E-state index is 13.4. The molecule has 0 saturated carbocycles. The maximum absolute atomic E-state index is 13.4. The van der Waals surface area contributed by atoms with Gasteiger partial charge >= 0.3 is 0 Å². The number of hydrogen-bond donors (Lipinski definition) is 2. The normalized spacial score (nSPS) is 10.4. The van der Waals surface area contributed by atoms with Crippen LogP contribution in [0.1, 0.15) is 17.0 Å². The summed E-state index contributed by atoms with van der Waals surface area (Å²) >= 11 is 0. The van der Waals surface area contributed by atoms with Gasteiger partial charge in [-0.15, -0.1) is 0 Å². The van der Waals surface area contributed by atoms with Crippen molar-refractivity contribution in [1.29, 1.82) is 0 Å². The Kier molecular flexibility index (Phi) is 3.14. The van der Waals surface area contributed by atoms with Crippen LogP contribution in [0.3, 0.4) is 0 Å². The van der Waals surface area contributed by atoms with Crippen LogP contribution in [0, 0.1) is 26.6 Å². The summed E-state index contributed by atoms with van der Waals surface area (Å²) in [5.41, 5.74) is 7.76. The number of hydrogen-bond acceptors (Lipinski definition) is 4. The fourth-order valence-electron chi connectivity index (χ4n) is 1.58. The van der Waals surface area contributed by atoms with Gasteiger partial charge in [-0.25, -0.2) is 14.4 Å². The number of benzene rings is 1. The minimum atomic E-state index is -0.253. The summed E-state index contributed by atoms with van der Waals surface area (Å²) < 4.78 is 13.4. The maximum Gasteiger partial charge on any atom is 0.139 e. The van der Waals surface area contributed by atoms with E-state index in [0.29, 0.717) is 28.7 Å². The number of halogens is 1. The largest absolute Gasteiger partial charge is 0.383 e. The van der Waals surface area contributed by atoms with E-state index in [2.05, 4.69) is 15.3 Å². The molecule has 0 atom stereocenters. The monoisotopic (exact) mass is 246 g/mol. The number of rotatable bonds is 2. The van der Waals surface area contributed by atoms with E-state index in [0.717, 1.165) is 5.56 Å². The average Bonchev–Trinajstić information content (AvgIpc) is 2.30. The van der Waals surface area contributed by atoms with Gasteiger partial charge in [-0.1, -0.05) is 6.07 Å². The Bertz CT molecular complexity index is 596. The van der Waals surface area contributed by atoms with Crippen molar-refractivity contribution >= 4 is 17.3 Å². The third-order valence-corrected chi connectivity index (χ3v) is 2.73. The van der Waals surface area contributed by atoms with E-state index in [-0.39, 0.29) is 5.82 Å². The second-order valence-corrected chi connectivity index (χ2v) is 4.22. The topological polar surface area (TPSA) is 63.8 Å². The van der Waals surface area contributed by atoms with Gasteiger partial charge in [-0.2, -0.15) is 0 Å². The molecule has 0 fully saturated rings. The van der Waals surface area contributed by atoms with E-state index in [1.807, 2.05) is 6.92 Å². The Morgan fingerprint density at radius 2 is 1.89 bits per heavy atom. The van der Waals surface area contributed by atoms with Crippen molar-refractivity contribution in [2.75, 3.05) is 11.1 Å². The molecule has 1 heterocycles. The van der Waals surface area contributed by atoms with Crippen LogP contribution in [0.25, 0.3) is 0 Å². The average molecular weight is 246 g/mol. The molecule has 94 valence electrons. The lowest BCUT2D eigenvalue weighted by molar-refractivity contribution is 0.619. The highest BCUT2D eigenvalue weighted by Crippen LogP contribution is 2.22. The summed E-state index contributed by atoms with van der Waals surface area (Å²) in [5.74, 6) is 1.35. The lowest BCUT2D eigenvalue weighted by Gasteiger charge is -2.11. The Morgan fingerprint density at radius 3 is 2.56 bits per heavy atom. The molecule has 0 unspecified atom stereocenters. The molecule has 0 aliphatic carbocycles. The molecule has 0 aliphatic heterocycles. The first-order chi connectivity index (χ1) is 8.47. The van der Waals surface area contributed by atoms with E-state index in [9.17, 15) is 4.39 Å². The predicted octanol–water partition coefficient (Wildman–Crippen LogP) is 2.87. The molecule has 3 N–H and O–H groups in total. The van der Waals surface area contributed by atoms with Crippen molar-refractivity contribution in [3.8, 4) is 0 Å². The van der Waals surface area contributed by atoms with Gasteiger partial charge in [-0.05, 0) is 38.5 Å². The van der Waals surface area contributed by atoms with Crippen LogP contribution >= 0.6 is 0 Å². The zero-order valence-corrected chi connectivity index (χ0v) is 10.6. The second kappa shape index (κ2) is 4.60. The summed E-state index contributed by atoms with van der Waals surface area (Å²) in [6.07, 6.45) is 0. The van der Waals surface area contributed by atoms with E-state index >= 15 is 0 Å². The minimum Gasteiger partial charge on any atom is -0.383 e. The van der Waals surface area contributed by atoms with Crippen LogP contribution in [0.4, 0.5) is 21.7 Å². The number of nitrogens with two attached hydrogens (primary N) is 1. The molecule has 4 nitrogen and oxygen atoms in total. The Balaban J connectivity index is 2.36. The van der Waals surface area contributed by atoms with Gasteiger partial charge in [0.05, 0.1) is 0 Å². The van der Waals surface area contributed by atoms with Gasteiger partial charge in [0, 0.05) is 11.3 Å². The van der Waals surface area contributed by atoms with Crippen molar-refractivity contribution in [1.82, 2.24) is 9.97 Å². The zero-order valence-electron chi connectivity index (χ0n) is 10.6. The number of aryl methyl sites for hydroxylation is 2. The van der Waals surface area contributed by atoms with E-state index in [4.69, 9.17) is 5.73 Å². The highest BCUT2D eigenvalue weighted by atomic mass is 19.1. The standard InChI is InChI=1S/C13H15FN4/c1-7-4-5-10(6-11(7)14)18-13-8(2)12(15)16-9(3)17-13/h4-6H,1-3H3,(H3,15,16,17,18). The number of nitrogen functional groups attached to an aromatic ring is 1. The van der Waals surface area contributed by atoms with Crippen LogP contribution in [0.5, 0.6) is 0 Å². The van der Waals surface area contributed by atoms with Crippen molar-refractivity contribution in [3.05, 3.63) is 41.0 Å². The van der Waals surface area contributed by atoms with Crippen molar-refractivity contribution < 1.29 is 4.39 Å². The van der Waals surface area contributed by atoms with Crippen LogP contribution in [0.15, 0.2) is 18.2 Å². The van der Waals surface area contributed by atoms with Gasteiger partial charge in [-0.3, -0.25) is 0 Å². The number of anilines is 3. The summed E-state index contributed by atoms with van der Waals surface area (Å²) in [6, 6.07) is 4.94. The van der Waals surface area contributed by atoms with Crippen LogP contribution in [-0.4, -0.2) is 9.97 Å². The first-order valence-corrected chi connectivity index (χ1v) is 5.61. The van der Waals surface area contributed by atoms with Gasteiger partial charge in [0.15, 0.2) is 0 Å². The zero-order chi connectivity index (χ0) is 13.3. The smallest absolute Gasteiger partial charge is 0.139 e.